The van der Waals surface area contributed by atoms with Crippen molar-refractivity contribution >= 4 is 21.4 Å². The lowest BCUT2D eigenvalue weighted by Crippen LogP contribution is -2.15. The molecule has 0 spiro atoms. The van der Waals surface area contributed by atoms with Crippen molar-refractivity contribution in [2.75, 3.05) is 19.0 Å². The van der Waals surface area contributed by atoms with E-state index in [-0.39, 0.29) is 5.56 Å². The molecule has 2 aromatic heterocycles. The van der Waals surface area contributed by atoms with Crippen LogP contribution in [0.15, 0.2) is 35.1 Å². The molecule has 1 atom stereocenters. The molecule has 25 heavy (non-hydrogen) atoms. The number of rotatable bonds is 7. The zero-order valence-corrected chi connectivity index (χ0v) is 15.5. The molecular weight excluding hydrogens is 336 g/mol. The van der Waals surface area contributed by atoms with Crippen LogP contribution in [0.3, 0.4) is 0 Å². The fourth-order valence-electron chi connectivity index (χ4n) is 2.60. The van der Waals surface area contributed by atoms with Crippen LogP contribution in [0.5, 0.6) is 5.75 Å². The minimum absolute atomic E-state index is 0.127. The topological polar surface area (TPSA) is 68.5 Å². The van der Waals surface area contributed by atoms with Crippen molar-refractivity contribution < 1.29 is 4.74 Å². The summed E-state index contributed by atoms with van der Waals surface area (Å²) in [5, 5.41) is 8.34. The second-order valence-electron chi connectivity index (χ2n) is 5.93. The van der Waals surface area contributed by atoms with Gasteiger partial charge in [0.25, 0.3) is 5.56 Å². The number of methoxy groups -OCH3 is 1. The van der Waals surface area contributed by atoms with Gasteiger partial charge < -0.3 is 10.1 Å². The van der Waals surface area contributed by atoms with Gasteiger partial charge in [0, 0.05) is 18.3 Å². The largest absolute Gasteiger partial charge is 0.497 e. The number of hydrogen-bond donors (Lipinski definition) is 1. The van der Waals surface area contributed by atoms with Gasteiger partial charge in [-0.2, -0.15) is 4.52 Å². The van der Waals surface area contributed by atoms with E-state index in [1.54, 1.807) is 13.2 Å². The predicted molar refractivity (Wildman–Crippen MR) is 101 cm³/mol. The molecule has 0 radical (unpaired) electrons. The first kappa shape index (κ1) is 17.4. The molecule has 0 amide bonds. The van der Waals surface area contributed by atoms with Crippen molar-refractivity contribution in [3.63, 3.8) is 0 Å². The average molecular weight is 358 g/mol. The molecule has 0 fully saturated rings. The second-order valence-corrected chi connectivity index (χ2v) is 6.89. The van der Waals surface area contributed by atoms with Crippen LogP contribution < -0.4 is 15.6 Å². The molecule has 1 unspecified atom stereocenters. The Bertz CT molecular complexity index is 902. The Morgan fingerprint density at radius 2 is 2.08 bits per heavy atom. The Labute approximate surface area is 150 Å². The fourth-order valence-corrected chi connectivity index (χ4v) is 3.45. The number of fused-ring (bicyclic) bond motifs is 1. The van der Waals surface area contributed by atoms with Gasteiger partial charge in [0.05, 0.1) is 7.11 Å². The summed E-state index contributed by atoms with van der Waals surface area (Å²) in [7, 11) is 1.67. The Balaban J connectivity index is 1.62. The van der Waals surface area contributed by atoms with Crippen LogP contribution in [0.1, 0.15) is 37.4 Å². The number of aromatic nitrogens is 3. The molecule has 3 aromatic rings. The fraction of sp³-hybridized carbons (Fsp3) is 0.389. The molecule has 0 aliphatic rings. The monoisotopic (exact) mass is 358 g/mol. The summed E-state index contributed by atoms with van der Waals surface area (Å²) in [6, 6.07) is 9.70. The summed E-state index contributed by atoms with van der Waals surface area (Å²) < 4.78 is 6.55. The first-order valence-electron chi connectivity index (χ1n) is 8.38. The Hall–Kier alpha value is -2.41. The smallest absolute Gasteiger partial charge is 0.275 e. The quantitative estimate of drug-likeness (QED) is 0.702. The molecular formula is C18H22N4O2S. The van der Waals surface area contributed by atoms with E-state index in [1.807, 2.05) is 19.1 Å². The Kier molecular flexibility index (Phi) is 5.33. The lowest BCUT2D eigenvalue weighted by atomic mass is 9.98. The number of benzene rings is 1. The minimum Gasteiger partial charge on any atom is -0.497 e. The normalized spacial score (nSPS) is 12.3. The first-order chi connectivity index (χ1) is 12.1. The highest BCUT2D eigenvalue weighted by Crippen LogP contribution is 2.23. The maximum Gasteiger partial charge on any atom is 0.275 e. The van der Waals surface area contributed by atoms with Crippen LogP contribution >= 0.6 is 11.3 Å². The number of anilines is 1. The van der Waals surface area contributed by atoms with Crippen molar-refractivity contribution in [1.82, 2.24) is 14.6 Å². The third kappa shape index (κ3) is 3.99. The number of aryl methyl sites for hydroxylation is 1. The standard InChI is InChI=1S/C18H22N4O2S/c1-4-14-11-16(23)22-18(20-14)25-17(21-22)19-10-9-12(2)13-5-7-15(24-3)8-6-13/h5-8,11-12H,4,9-10H2,1-3H3,(H,19,21). The zero-order valence-electron chi connectivity index (χ0n) is 14.7. The maximum atomic E-state index is 12.0. The molecule has 1 aromatic carbocycles. The van der Waals surface area contributed by atoms with Gasteiger partial charge in [-0.1, -0.05) is 37.3 Å². The van der Waals surface area contributed by atoms with E-state index in [9.17, 15) is 4.79 Å². The van der Waals surface area contributed by atoms with E-state index >= 15 is 0 Å². The molecule has 0 aliphatic carbocycles. The summed E-state index contributed by atoms with van der Waals surface area (Å²) in [6.45, 7) is 4.96. The number of ether oxygens (including phenoxy) is 1. The minimum atomic E-state index is -0.127. The van der Waals surface area contributed by atoms with E-state index in [0.717, 1.165) is 36.0 Å². The number of hydrogen-bond acceptors (Lipinski definition) is 6. The van der Waals surface area contributed by atoms with Crippen molar-refractivity contribution in [2.45, 2.75) is 32.6 Å². The molecule has 0 aliphatic heterocycles. The highest BCUT2D eigenvalue weighted by molar-refractivity contribution is 7.20. The molecule has 1 N–H and O–H groups in total. The van der Waals surface area contributed by atoms with E-state index in [0.29, 0.717) is 10.9 Å². The SMILES string of the molecule is CCc1cc(=O)n2nc(NCCC(C)c3ccc(OC)cc3)sc2n1. The lowest BCUT2D eigenvalue weighted by Gasteiger charge is -2.12. The molecule has 0 bridgehead atoms. The van der Waals surface area contributed by atoms with Gasteiger partial charge in [0.15, 0.2) is 0 Å². The van der Waals surface area contributed by atoms with E-state index < -0.39 is 0 Å². The molecule has 132 valence electrons. The molecule has 0 saturated carbocycles. The van der Waals surface area contributed by atoms with Crippen LogP contribution in [-0.4, -0.2) is 28.3 Å². The summed E-state index contributed by atoms with van der Waals surface area (Å²) in [5.74, 6) is 1.29. The van der Waals surface area contributed by atoms with Crippen molar-refractivity contribution in [1.29, 1.82) is 0 Å². The zero-order chi connectivity index (χ0) is 17.8. The second kappa shape index (κ2) is 7.65. The Morgan fingerprint density at radius 1 is 1.32 bits per heavy atom. The van der Waals surface area contributed by atoms with Gasteiger partial charge in [-0.05, 0) is 36.5 Å². The van der Waals surface area contributed by atoms with Crippen LogP contribution in [0.25, 0.3) is 4.96 Å². The predicted octanol–water partition coefficient (Wildman–Crippen LogP) is 3.33. The average Bonchev–Trinajstić information content (AvgIpc) is 3.05. The van der Waals surface area contributed by atoms with E-state index in [1.165, 1.54) is 21.4 Å². The van der Waals surface area contributed by atoms with Gasteiger partial charge in [-0.25, -0.2) is 4.98 Å². The van der Waals surface area contributed by atoms with Crippen molar-refractivity contribution in [3.8, 4) is 5.75 Å². The van der Waals surface area contributed by atoms with Gasteiger partial charge in [0.1, 0.15) is 5.75 Å². The third-order valence-electron chi connectivity index (χ3n) is 4.20. The molecule has 0 saturated heterocycles. The summed E-state index contributed by atoms with van der Waals surface area (Å²) in [5.41, 5.74) is 1.95. The van der Waals surface area contributed by atoms with Crippen LogP contribution in [0, 0.1) is 0 Å². The van der Waals surface area contributed by atoms with Gasteiger partial charge >= 0.3 is 0 Å². The summed E-state index contributed by atoms with van der Waals surface area (Å²) >= 11 is 1.41. The lowest BCUT2D eigenvalue weighted by molar-refractivity contribution is 0.414. The molecule has 3 rings (SSSR count). The highest BCUT2D eigenvalue weighted by atomic mass is 32.1. The summed E-state index contributed by atoms with van der Waals surface area (Å²) in [4.78, 5) is 17.1. The van der Waals surface area contributed by atoms with E-state index in [4.69, 9.17) is 4.74 Å². The summed E-state index contributed by atoms with van der Waals surface area (Å²) in [6.07, 6.45) is 1.70. The third-order valence-corrected chi connectivity index (χ3v) is 5.06. The number of nitrogens with zero attached hydrogens (tertiary/aromatic N) is 3. The molecule has 6 nitrogen and oxygen atoms in total. The van der Waals surface area contributed by atoms with Crippen molar-refractivity contribution in [3.05, 3.63) is 51.9 Å². The first-order valence-corrected chi connectivity index (χ1v) is 9.20. The maximum absolute atomic E-state index is 12.0. The van der Waals surface area contributed by atoms with Crippen LogP contribution in [0.4, 0.5) is 5.13 Å². The molecule has 7 heteroatoms. The van der Waals surface area contributed by atoms with Crippen molar-refractivity contribution in [2.24, 2.45) is 0 Å². The van der Waals surface area contributed by atoms with Gasteiger partial charge in [0.2, 0.25) is 10.1 Å². The van der Waals surface area contributed by atoms with Crippen LogP contribution in [-0.2, 0) is 6.42 Å². The molecule has 2 heterocycles. The number of nitrogens with one attached hydrogen (secondary N) is 1. The van der Waals surface area contributed by atoms with Gasteiger partial charge in [-0.15, -0.1) is 5.10 Å². The highest BCUT2D eigenvalue weighted by Gasteiger charge is 2.10. The van der Waals surface area contributed by atoms with Crippen LogP contribution in [0.2, 0.25) is 0 Å². The Morgan fingerprint density at radius 3 is 2.76 bits per heavy atom. The van der Waals surface area contributed by atoms with E-state index in [2.05, 4.69) is 34.5 Å². The van der Waals surface area contributed by atoms with Gasteiger partial charge in [-0.3, -0.25) is 4.79 Å².